The topological polar surface area (TPSA) is 20.2 Å². The van der Waals surface area contributed by atoms with E-state index in [1.165, 1.54) is 55.8 Å². The van der Waals surface area contributed by atoms with Gasteiger partial charge in [-0.3, -0.25) is 0 Å². The van der Waals surface area contributed by atoms with Gasteiger partial charge in [-0.1, -0.05) is 0 Å². The van der Waals surface area contributed by atoms with Crippen molar-refractivity contribution in [2.45, 2.75) is 82.6 Å². The molecule has 21 heavy (non-hydrogen) atoms. The van der Waals surface area contributed by atoms with Gasteiger partial charge in [0.2, 0.25) is 0 Å². The van der Waals surface area contributed by atoms with E-state index in [2.05, 4.69) is 37.3 Å². The van der Waals surface area contributed by atoms with Crippen LogP contribution < -0.4 is 4.46 Å². The molecular formula is C19H32OSe. The Morgan fingerprint density at radius 3 is 2.10 bits per heavy atom. The third-order valence-corrected chi connectivity index (χ3v) is 6.74. The molecule has 1 aromatic rings. The number of hydrogen-bond acceptors (Lipinski definition) is 1. The number of rotatable bonds is 12. The van der Waals surface area contributed by atoms with Crippen LogP contribution in [0.15, 0.2) is 30.3 Å². The number of hydrogen-bond donors (Lipinski definition) is 1. The molecule has 1 atom stereocenters. The molecule has 0 aromatic heterocycles. The van der Waals surface area contributed by atoms with Crippen molar-refractivity contribution in [1.29, 1.82) is 0 Å². The molecule has 0 aliphatic heterocycles. The summed E-state index contributed by atoms with van der Waals surface area (Å²) < 4.78 is 1.39. The Bertz CT molecular complexity index is 348. The van der Waals surface area contributed by atoms with E-state index >= 15 is 0 Å². The molecule has 0 saturated carbocycles. The summed E-state index contributed by atoms with van der Waals surface area (Å²) in [5.41, 5.74) is -0.474. The quantitative estimate of drug-likeness (QED) is 0.425. The van der Waals surface area contributed by atoms with Crippen LogP contribution in [0.5, 0.6) is 0 Å². The predicted octanol–water partition coefficient (Wildman–Crippen LogP) is 4.72. The van der Waals surface area contributed by atoms with E-state index in [0.29, 0.717) is 15.0 Å². The van der Waals surface area contributed by atoms with E-state index in [1.54, 1.807) is 0 Å². The van der Waals surface area contributed by atoms with Gasteiger partial charge >= 0.3 is 137 Å². The second-order valence-corrected chi connectivity index (χ2v) is 8.52. The molecule has 120 valence electrons. The second kappa shape index (κ2) is 11.3. The fourth-order valence-corrected chi connectivity index (χ4v) is 4.51. The van der Waals surface area contributed by atoms with Crippen molar-refractivity contribution in [3.8, 4) is 0 Å². The first-order chi connectivity index (χ1) is 10.1. The van der Waals surface area contributed by atoms with Crippen LogP contribution in [-0.4, -0.2) is 25.7 Å². The molecular weight excluding hydrogens is 323 g/mol. The van der Waals surface area contributed by atoms with Crippen molar-refractivity contribution in [1.82, 2.24) is 0 Å². The Hall–Kier alpha value is -0.301. The molecule has 1 unspecified atom stereocenters. The monoisotopic (exact) mass is 356 g/mol. The summed E-state index contributed by atoms with van der Waals surface area (Å²) in [7, 11) is 0. The molecule has 0 spiro atoms. The van der Waals surface area contributed by atoms with Crippen molar-refractivity contribution in [2.75, 3.05) is 0 Å². The molecule has 0 amide bonds. The minimum absolute atomic E-state index is 0.394. The minimum atomic E-state index is -0.474. The standard InChI is InChI=1S/C19H32OSe/c1-3-4-5-6-7-8-9-13-16-19(2,20)17-21-18-14-11-10-12-15-18/h10-12,14-15,20H,3-9,13,16-17H2,1-2H3. The molecule has 0 saturated heterocycles. The normalized spacial score (nSPS) is 14.0. The molecule has 1 rings (SSSR count). The Kier molecular flexibility index (Phi) is 10.1. The maximum atomic E-state index is 10.5. The fourth-order valence-electron chi connectivity index (χ4n) is 2.47. The van der Waals surface area contributed by atoms with Crippen molar-refractivity contribution < 1.29 is 5.11 Å². The van der Waals surface area contributed by atoms with Crippen molar-refractivity contribution in [3.63, 3.8) is 0 Å². The summed E-state index contributed by atoms with van der Waals surface area (Å²) in [5.74, 6) is 0. The zero-order valence-electron chi connectivity index (χ0n) is 13.8. The zero-order valence-corrected chi connectivity index (χ0v) is 15.5. The van der Waals surface area contributed by atoms with Crippen LogP contribution in [0.2, 0.25) is 5.32 Å². The molecule has 0 radical (unpaired) electrons. The summed E-state index contributed by atoms with van der Waals surface area (Å²) in [6.45, 7) is 4.28. The Morgan fingerprint density at radius 1 is 0.905 bits per heavy atom. The molecule has 1 aromatic carbocycles. The Balaban J connectivity index is 2.04. The van der Waals surface area contributed by atoms with E-state index < -0.39 is 5.60 Å². The van der Waals surface area contributed by atoms with E-state index in [-0.39, 0.29) is 0 Å². The Labute approximate surface area is 137 Å². The van der Waals surface area contributed by atoms with Gasteiger partial charge in [0.05, 0.1) is 0 Å². The predicted molar refractivity (Wildman–Crippen MR) is 94.5 cm³/mol. The van der Waals surface area contributed by atoms with Crippen LogP contribution in [0.25, 0.3) is 0 Å². The van der Waals surface area contributed by atoms with Gasteiger partial charge in [-0.2, -0.15) is 0 Å². The van der Waals surface area contributed by atoms with E-state index in [9.17, 15) is 5.11 Å². The van der Waals surface area contributed by atoms with Crippen LogP contribution in [-0.2, 0) is 0 Å². The molecule has 0 fully saturated rings. The van der Waals surface area contributed by atoms with E-state index in [4.69, 9.17) is 0 Å². The van der Waals surface area contributed by atoms with E-state index in [0.717, 1.165) is 11.7 Å². The summed E-state index contributed by atoms with van der Waals surface area (Å²) in [4.78, 5) is 0. The summed E-state index contributed by atoms with van der Waals surface area (Å²) in [6.07, 6.45) is 11.6. The molecule has 0 aliphatic carbocycles. The summed E-state index contributed by atoms with van der Waals surface area (Å²) >= 11 is 0.394. The van der Waals surface area contributed by atoms with Crippen LogP contribution in [0.4, 0.5) is 0 Å². The zero-order chi connectivity index (χ0) is 15.4. The van der Waals surface area contributed by atoms with Gasteiger partial charge < -0.3 is 0 Å². The molecule has 1 nitrogen and oxygen atoms in total. The van der Waals surface area contributed by atoms with Crippen LogP contribution >= 0.6 is 0 Å². The number of unbranched alkanes of at least 4 members (excludes halogenated alkanes) is 7. The van der Waals surface area contributed by atoms with Crippen molar-refractivity contribution in [3.05, 3.63) is 30.3 Å². The molecule has 0 aliphatic rings. The SMILES string of the molecule is CCCCCCCCCCC(C)(O)C[Se]c1ccccc1. The molecule has 0 heterocycles. The third kappa shape index (κ3) is 10.1. The van der Waals surface area contributed by atoms with Gasteiger partial charge in [-0.25, -0.2) is 0 Å². The second-order valence-electron chi connectivity index (χ2n) is 6.32. The average Bonchev–Trinajstić information content (AvgIpc) is 2.49. The van der Waals surface area contributed by atoms with Crippen LogP contribution in [0.1, 0.15) is 71.6 Å². The van der Waals surface area contributed by atoms with Gasteiger partial charge in [0, 0.05) is 0 Å². The van der Waals surface area contributed by atoms with E-state index in [1.807, 2.05) is 6.92 Å². The average molecular weight is 355 g/mol. The van der Waals surface area contributed by atoms with Crippen molar-refractivity contribution in [2.24, 2.45) is 0 Å². The summed E-state index contributed by atoms with van der Waals surface area (Å²) in [5, 5.41) is 11.4. The number of benzene rings is 1. The fraction of sp³-hybridized carbons (Fsp3) is 0.684. The molecule has 0 bridgehead atoms. The van der Waals surface area contributed by atoms with Crippen molar-refractivity contribution >= 4 is 19.4 Å². The first-order valence-electron chi connectivity index (χ1n) is 8.54. The van der Waals surface area contributed by atoms with Gasteiger partial charge in [-0.15, -0.1) is 0 Å². The van der Waals surface area contributed by atoms with Crippen LogP contribution in [0.3, 0.4) is 0 Å². The van der Waals surface area contributed by atoms with Gasteiger partial charge in [0.15, 0.2) is 0 Å². The first kappa shape index (κ1) is 18.7. The first-order valence-corrected chi connectivity index (χ1v) is 10.6. The molecule has 1 N–H and O–H groups in total. The summed E-state index contributed by atoms with van der Waals surface area (Å²) in [6, 6.07) is 10.6. The maximum absolute atomic E-state index is 10.5. The van der Waals surface area contributed by atoms with Gasteiger partial charge in [0.1, 0.15) is 0 Å². The van der Waals surface area contributed by atoms with Crippen LogP contribution in [0, 0.1) is 0 Å². The number of aliphatic hydroxyl groups is 1. The molecule has 2 heteroatoms. The Morgan fingerprint density at radius 2 is 1.48 bits per heavy atom. The third-order valence-electron chi connectivity index (χ3n) is 3.86. The van der Waals surface area contributed by atoms with Gasteiger partial charge in [-0.05, 0) is 0 Å². The van der Waals surface area contributed by atoms with Gasteiger partial charge in [0.25, 0.3) is 0 Å².